The van der Waals surface area contributed by atoms with Crippen LogP contribution in [0.1, 0.15) is 25.3 Å². The fourth-order valence-electron chi connectivity index (χ4n) is 1.55. The first-order valence-corrected chi connectivity index (χ1v) is 5.89. The standard InChI is InChI=1S/C13H19F2NO/c1-10(9-17)3-2-6-16-8-11-4-5-12(14)13(15)7-11/h4-5,7,10,16-17H,2-3,6,8-9H2,1H3. The number of benzene rings is 1. The molecule has 1 aromatic rings. The van der Waals surface area contributed by atoms with E-state index >= 15 is 0 Å². The first kappa shape index (κ1) is 14.1. The van der Waals surface area contributed by atoms with Crippen LogP contribution in [0.25, 0.3) is 0 Å². The van der Waals surface area contributed by atoms with Gasteiger partial charge in [-0.3, -0.25) is 0 Å². The second-order valence-corrected chi connectivity index (χ2v) is 4.36. The monoisotopic (exact) mass is 243 g/mol. The largest absolute Gasteiger partial charge is 0.396 e. The van der Waals surface area contributed by atoms with Gasteiger partial charge in [-0.15, -0.1) is 0 Å². The molecular formula is C13H19F2NO. The molecule has 2 N–H and O–H groups in total. The van der Waals surface area contributed by atoms with E-state index in [1.54, 1.807) is 6.07 Å². The van der Waals surface area contributed by atoms with Gasteiger partial charge in [0.2, 0.25) is 0 Å². The molecule has 0 amide bonds. The van der Waals surface area contributed by atoms with Crippen LogP contribution in [-0.4, -0.2) is 18.3 Å². The van der Waals surface area contributed by atoms with Crippen molar-refractivity contribution in [2.45, 2.75) is 26.3 Å². The van der Waals surface area contributed by atoms with Crippen molar-refractivity contribution < 1.29 is 13.9 Å². The van der Waals surface area contributed by atoms with Crippen molar-refractivity contribution in [1.82, 2.24) is 5.32 Å². The van der Waals surface area contributed by atoms with Crippen molar-refractivity contribution in [3.8, 4) is 0 Å². The molecule has 2 nitrogen and oxygen atoms in total. The Bertz CT molecular complexity index is 344. The minimum Gasteiger partial charge on any atom is -0.396 e. The average molecular weight is 243 g/mol. The molecule has 0 saturated carbocycles. The van der Waals surface area contributed by atoms with E-state index in [1.165, 1.54) is 6.07 Å². The van der Waals surface area contributed by atoms with Gasteiger partial charge in [0.25, 0.3) is 0 Å². The predicted molar refractivity (Wildman–Crippen MR) is 63.5 cm³/mol. The second kappa shape index (κ2) is 7.35. The van der Waals surface area contributed by atoms with Crippen LogP contribution in [-0.2, 0) is 6.54 Å². The third-order valence-corrected chi connectivity index (χ3v) is 2.68. The highest BCUT2D eigenvalue weighted by atomic mass is 19.2. The van der Waals surface area contributed by atoms with Crippen LogP contribution in [0, 0.1) is 17.6 Å². The number of nitrogens with one attached hydrogen (secondary N) is 1. The zero-order chi connectivity index (χ0) is 12.7. The van der Waals surface area contributed by atoms with Crippen molar-refractivity contribution in [2.24, 2.45) is 5.92 Å². The van der Waals surface area contributed by atoms with Crippen molar-refractivity contribution in [3.63, 3.8) is 0 Å². The van der Waals surface area contributed by atoms with Gasteiger partial charge in [0.1, 0.15) is 0 Å². The number of rotatable bonds is 7. The second-order valence-electron chi connectivity index (χ2n) is 4.36. The summed E-state index contributed by atoms with van der Waals surface area (Å²) in [5.74, 6) is -1.30. The number of halogens is 2. The quantitative estimate of drug-likeness (QED) is 0.721. The third-order valence-electron chi connectivity index (χ3n) is 2.68. The van der Waals surface area contributed by atoms with Crippen LogP contribution in [0.5, 0.6) is 0 Å². The predicted octanol–water partition coefficient (Wildman–Crippen LogP) is 2.46. The molecule has 0 saturated heterocycles. The average Bonchev–Trinajstić information content (AvgIpc) is 2.33. The Labute approximate surface area is 101 Å². The highest BCUT2D eigenvalue weighted by molar-refractivity contribution is 5.17. The number of aliphatic hydroxyl groups excluding tert-OH is 1. The Balaban J connectivity index is 2.20. The first-order valence-electron chi connectivity index (χ1n) is 5.89. The molecule has 0 bridgehead atoms. The molecule has 17 heavy (non-hydrogen) atoms. The van der Waals surface area contributed by atoms with E-state index in [-0.39, 0.29) is 6.61 Å². The lowest BCUT2D eigenvalue weighted by atomic mass is 10.1. The van der Waals surface area contributed by atoms with Gasteiger partial charge in [0, 0.05) is 13.2 Å². The Morgan fingerprint density at radius 3 is 2.71 bits per heavy atom. The van der Waals surface area contributed by atoms with Crippen LogP contribution >= 0.6 is 0 Å². The Morgan fingerprint density at radius 1 is 1.29 bits per heavy atom. The van der Waals surface area contributed by atoms with E-state index in [1.807, 2.05) is 6.92 Å². The molecule has 1 atom stereocenters. The molecule has 1 aromatic carbocycles. The Morgan fingerprint density at radius 2 is 2.06 bits per heavy atom. The van der Waals surface area contributed by atoms with Gasteiger partial charge in [-0.25, -0.2) is 8.78 Å². The summed E-state index contributed by atoms with van der Waals surface area (Å²) in [6.45, 7) is 3.55. The topological polar surface area (TPSA) is 32.3 Å². The van der Waals surface area contributed by atoms with E-state index in [4.69, 9.17) is 5.11 Å². The fraction of sp³-hybridized carbons (Fsp3) is 0.538. The van der Waals surface area contributed by atoms with E-state index in [0.717, 1.165) is 31.0 Å². The van der Waals surface area contributed by atoms with Crippen LogP contribution in [0.15, 0.2) is 18.2 Å². The minimum atomic E-state index is -0.814. The Hall–Kier alpha value is -1.00. The number of hydrogen-bond acceptors (Lipinski definition) is 2. The lowest BCUT2D eigenvalue weighted by Crippen LogP contribution is -2.16. The molecule has 0 aromatic heterocycles. The summed E-state index contributed by atoms with van der Waals surface area (Å²) in [4.78, 5) is 0. The van der Waals surface area contributed by atoms with Gasteiger partial charge < -0.3 is 10.4 Å². The SMILES string of the molecule is CC(CO)CCCNCc1ccc(F)c(F)c1. The molecule has 0 spiro atoms. The highest BCUT2D eigenvalue weighted by Gasteiger charge is 2.02. The van der Waals surface area contributed by atoms with E-state index in [2.05, 4.69) is 5.32 Å². The summed E-state index contributed by atoms with van der Waals surface area (Å²) < 4.78 is 25.5. The molecule has 0 aliphatic heterocycles. The molecule has 4 heteroatoms. The summed E-state index contributed by atoms with van der Waals surface area (Å²) in [7, 11) is 0. The maximum atomic E-state index is 12.9. The van der Waals surface area contributed by atoms with E-state index in [9.17, 15) is 8.78 Å². The lowest BCUT2D eigenvalue weighted by Gasteiger charge is -2.08. The molecule has 0 aliphatic rings. The smallest absolute Gasteiger partial charge is 0.159 e. The van der Waals surface area contributed by atoms with Crippen molar-refractivity contribution in [2.75, 3.05) is 13.2 Å². The van der Waals surface area contributed by atoms with Crippen LogP contribution in [0.4, 0.5) is 8.78 Å². The summed E-state index contributed by atoms with van der Waals surface area (Å²) in [5, 5.41) is 12.0. The Kier molecular flexibility index (Phi) is 6.08. The van der Waals surface area contributed by atoms with Gasteiger partial charge in [0.05, 0.1) is 0 Å². The highest BCUT2D eigenvalue weighted by Crippen LogP contribution is 2.08. The lowest BCUT2D eigenvalue weighted by molar-refractivity contribution is 0.228. The summed E-state index contributed by atoms with van der Waals surface area (Å²) in [6.07, 6.45) is 1.92. The minimum absolute atomic E-state index is 0.211. The van der Waals surface area contributed by atoms with Gasteiger partial charge in [-0.2, -0.15) is 0 Å². The van der Waals surface area contributed by atoms with E-state index in [0.29, 0.717) is 12.5 Å². The maximum Gasteiger partial charge on any atom is 0.159 e. The zero-order valence-corrected chi connectivity index (χ0v) is 10.0. The molecule has 0 aliphatic carbocycles. The van der Waals surface area contributed by atoms with Crippen molar-refractivity contribution in [3.05, 3.63) is 35.4 Å². The first-order chi connectivity index (χ1) is 8.13. The van der Waals surface area contributed by atoms with Crippen LogP contribution < -0.4 is 5.32 Å². The summed E-state index contributed by atoms with van der Waals surface area (Å²) in [5.41, 5.74) is 0.735. The maximum absolute atomic E-state index is 12.9. The zero-order valence-electron chi connectivity index (χ0n) is 10.0. The van der Waals surface area contributed by atoms with Crippen molar-refractivity contribution >= 4 is 0 Å². The van der Waals surface area contributed by atoms with Gasteiger partial charge >= 0.3 is 0 Å². The van der Waals surface area contributed by atoms with Gasteiger partial charge in [-0.05, 0) is 43.0 Å². The summed E-state index contributed by atoms with van der Waals surface area (Å²) >= 11 is 0. The molecule has 96 valence electrons. The van der Waals surface area contributed by atoms with Crippen LogP contribution in [0.2, 0.25) is 0 Å². The summed E-state index contributed by atoms with van der Waals surface area (Å²) in [6, 6.07) is 3.92. The number of hydrogen-bond donors (Lipinski definition) is 2. The van der Waals surface area contributed by atoms with Crippen LogP contribution in [0.3, 0.4) is 0 Å². The fourth-order valence-corrected chi connectivity index (χ4v) is 1.55. The molecular weight excluding hydrogens is 224 g/mol. The molecule has 0 heterocycles. The molecule has 1 rings (SSSR count). The molecule has 1 unspecified atom stereocenters. The van der Waals surface area contributed by atoms with E-state index < -0.39 is 11.6 Å². The van der Waals surface area contributed by atoms with Gasteiger partial charge in [-0.1, -0.05) is 13.0 Å². The molecule has 0 fully saturated rings. The third kappa shape index (κ3) is 5.24. The van der Waals surface area contributed by atoms with Gasteiger partial charge in [0.15, 0.2) is 11.6 Å². The molecule has 0 radical (unpaired) electrons. The number of aliphatic hydroxyl groups is 1. The van der Waals surface area contributed by atoms with Crippen molar-refractivity contribution in [1.29, 1.82) is 0 Å². The normalized spacial score (nSPS) is 12.7.